The van der Waals surface area contributed by atoms with Crippen molar-refractivity contribution >= 4 is 184 Å². The van der Waals surface area contributed by atoms with Gasteiger partial charge in [-0.15, -0.1) is 0 Å². The third-order valence-electron chi connectivity index (χ3n) is 22.5. The highest BCUT2D eigenvalue weighted by molar-refractivity contribution is 6.28. The van der Waals surface area contributed by atoms with E-state index in [1.165, 1.54) is 0 Å². The number of benzene rings is 26. The molecule has 0 aliphatic carbocycles. The largest absolute Gasteiger partial charge is 0.456 e. The molecule has 26 aromatic carbocycles. The summed E-state index contributed by atoms with van der Waals surface area (Å²) in [7, 11) is 0. The molecule has 0 spiro atoms. The molecule has 636 valence electrons. The van der Waals surface area contributed by atoms with Gasteiger partial charge >= 0.3 is 0 Å². The van der Waals surface area contributed by atoms with Crippen molar-refractivity contribution in [2.75, 3.05) is 0 Å². The van der Waals surface area contributed by atoms with Gasteiger partial charge in [0.15, 0.2) is 0 Å². The Bertz CT molecular complexity index is 15100. The highest BCUT2D eigenvalue weighted by Crippen LogP contribution is 2.51. The van der Waals surface area contributed by atoms with E-state index in [2.05, 4.69) is 0 Å². The fraction of sp³-hybridized carbons (Fsp3) is 0. The van der Waals surface area contributed by atoms with Crippen LogP contribution in [-0.2, 0) is 0 Å². The second-order valence-corrected chi connectivity index (χ2v) is 29.9. The van der Waals surface area contributed by atoms with Gasteiger partial charge in [-0.25, -0.2) is 0 Å². The van der Waals surface area contributed by atoms with Crippen LogP contribution in [0.4, 0.5) is 0 Å². The molecule has 3 nitrogen and oxygen atoms in total. The third-order valence-corrected chi connectivity index (χ3v) is 22.5. The molecular formula is C134H82O3. The van der Waals surface area contributed by atoms with Gasteiger partial charge in [0.2, 0.25) is 0 Å². The summed E-state index contributed by atoms with van der Waals surface area (Å²) < 4.78 is 742. The van der Waals surface area contributed by atoms with Crippen LogP contribution in [0.25, 0.3) is 284 Å². The van der Waals surface area contributed by atoms with Crippen LogP contribution in [0.15, 0.2) is 509 Å². The first kappa shape index (κ1) is 32.4. The lowest BCUT2D eigenvalue weighted by Crippen LogP contribution is -1.91. The Balaban J connectivity index is 0.000000147. The maximum absolute atomic E-state index is 9.62. The first-order valence-corrected chi connectivity index (χ1v) is 40.6. The molecule has 0 bridgehead atoms. The van der Waals surface area contributed by atoms with E-state index < -0.39 is 752 Å². The Hall–Kier alpha value is -18.0. The van der Waals surface area contributed by atoms with Crippen LogP contribution in [0, 0.1) is 0 Å². The Morgan fingerprint density at radius 2 is 0.365 bits per heavy atom. The van der Waals surface area contributed by atoms with Crippen LogP contribution in [0.1, 0.15) is 111 Å². The van der Waals surface area contributed by atoms with Crippen LogP contribution in [0.3, 0.4) is 0 Å². The van der Waals surface area contributed by atoms with E-state index >= 15 is 0 Å². The fourth-order valence-corrected chi connectivity index (χ4v) is 16.7. The van der Waals surface area contributed by atoms with Gasteiger partial charge in [0.05, 0.1) is 111 Å². The van der Waals surface area contributed by atoms with Crippen LogP contribution in [0.5, 0.6) is 0 Å². The first-order chi connectivity index (χ1) is 102. The molecule has 3 aromatic heterocycles. The molecule has 137 heavy (non-hydrogen) atoms. The lowest BCUT2D eigenvalue weighted by molar-refractivity contribution is 0.669. The molecule has 0 saturated carbocycles. The molecule has 3 heterocycles. The summed E-state index contributed by atoms with van der Waals surface area (Å²) in [6.45, 7) is 0. The molecule has 0 atom stereocenters. The topological polar surface area (TPSA) is 39.4 Å². The zero-order valence-corrected chi connectivity index (χ0v) is 68.3. The average Bonchev–Trinajstić information content (AvgIpc) is 1.02. The summed E-state index contributed by atoms with van der Waals surface area (Å²) in [5, 5.41) is -15.5. The van der Waals surface area contributed by atoms with Crippen molar-refractivity contribution in [1.82, 2.24) is 0 Å². The van der Waals surface area contributed by atoms with Gasteiger partial charge < -0.3 is 13.3 Å². The van der Waals surface area contributed by atoms with E-state index in [0.717, 1.165) is 6.07 Å². The number of rotatable bonds is 9. The Labute approximate surface area is 903 Å². The minimum absolute atomic E-state index is 0.330. The monoisotopic (exact) mass is 1820 g/mol. The van der Waals surface area contributed by atoms with Crippen molar-refractivity contribution in [3.8, 4) is 100 Å². The lowest BCUT2D eigenvalue weighted by Gasteiger charge is -2.19. The van der Waals surface area contributed by atoms with Gasteiger partial charge in [-0.05, 0) is 279 Å². The zero-order valence-electron chi connectivity index (χ0n) is 149. The third kappa shape index (κ3) is 13.3. The predicted molar refractivity (Wildman–Crippen MR) is 583 cm³/mol. The van der Waals surface area contributed by atoms with Crippen molar-refractivity contribution in [3.05, 3.63) is 496 Å². The van der Waals surface area contributed by atoms with E-state index in [1.54, 1.807) is 0 Å². The van der Waals surface area contributed by atoms with Crippen molar-refractivity contribution < 1.29 is 124 Å². The van der Waals surface area contributed by atoms with Gasteiger partial charge in [-0.3, -0.25) is 0 Å². The average molecular weight is 1820 g/mol. The number of hydrogen-bond acceptors (Lipinski definition) is 3. The van der Waals surface area contributed by atoms with Gasteiger partial charge in [-0.2, -0.15) is 0 Å². The van der Waals surface area contributed by atoms with Crippen LogP contribution in [-0.4, -0.2) is 0 Å². The van der Waals surface area contributed by atoms with Gasteiger partial charge in [0.25, 0.3) is 0 Å². The molecule has 0 aliphatic heterocycles. The van der Waals surface area contributed by atoms with Crippen LogP contribution in [0.2, 0.25) is 0 Å². The minimum atomic E-state index is -1.11. The summed E-state index contributed by atoms with van der Waals surface area (Å²) in [6, 6.07) is -71.0. The maximum Gasteiger partial charge on any atom is 0.136 e. The molecule has 3 heteroatoms. The maximum atomic E-state index is 9.62. The number of hydrogen-bond donors (Lipinski definition) is 0. The van der Waals surface area contributed by atoms with E-state index in [0.29, 0.717) is 0 Å². The molecule has 0 radical (unpaired) electrons. The molecule has 0 aliphatic rings. The number of fused-ring (bicyclic) bond motifs is 23. The molecule has 0 N–H and O–H groups in total. The smallest absolute Gasteiger partial charge is 0.136 e. The molecule has 0 saturated heterocycles. The first-order valence-electron chi connectivity index (χ1n) is 81.1. The minimum Gasteiger partial charge on any atom is -0.456 e. The SMILES string of the molecule is [2H]c1c([2H])c(-c2c3c([2H])c([2H])c([2H])c([2H])c3c(-c3c([2H])c([2H])c([2H])c4c([2H])c([2H])c([2H])c([2H])c34)c3c([2H])c([2H])c([2H])c([2H])c23)c([2H])c([2H])c1-c1c([2H])c([2H])c2oc3c([2H])c([2H])c4c([2H])c([2H])c([2H])c([2H])c4c3c2c1[2H].[2H]c1c([2H])c(-c2c3c([2H])c([2H])c([2H])c([2H])c3c(-c3c([2H])c([2H])c4c([2H])c([2H])c([2H])c([2H])c4c3[2H])c3c([2H])c([2H])c([2H])c([2H])c23)c([2H])c([2H])c1-c1c([2H])c([2H])c2oc3c([2H])c([2H])c4c([2H])c([2H])c([2H])c([2H])c4c3c2c1[2H].[2H]c1cc2c(-c3c([2H])c([2H])c([2H])c([2H])c3[2H])c3c([2H])c([2H])c([2H])c([2H])c3c(-c3c([2H])c([2H])c(-c4c([2H])c([2H])c5oc6c([2H])c([2H])c7c([2H])c([2H])c([2H])c([2H])c7c6c5c4[2H])c([2H])c3[2H])c2c([2H])c1[2H]. The zero-order chi connectivity index (χ0) is 161. The second-order valence-electron chi connectivity index (χ2n) is 29.9. The predicted octanol–water partition coefficient (Wildman–Crippen LogP) is 38.4. The molecular weight excluding hydrogens is 1660 g/mol. The van der Waals surface area contributed by atoms with E-state index in [1.807, 2.05) is 0 Å². The van der Waals surface area contributed by atoms with E-state index in [-0.39, 0.29) is 21.5 Å². The van der Waals surface area contributed by atoms with Gasteiger partial charge in [0.1, 0.15) is 33.5 Å². The van der Waals surface area contributed by atoms with Gasteiger partial charge in [-0.1, -0.05) is 435 Å². The molecule has 29 rings (SSSR count). The normalized spacial score (nSPS) is 20.1. The fourth-order valence-electron chi connectivity index (χ4n) is 16.7. The molecule has 29 aromatic rings. The van der Waals surface area contributed by atoms with E-state index in [4.69, 9.17) is 85.9 Å². The Morgan fingerprint density at radius 1 is 0.124 bits per heavy atom. The van der Waals surface area contributed by atoms with Crippen molar-refractivity contribution in [1.29, 1.82) is 0 Å². The quantitative estimate of drug-likeness (QED) is 0.135. The highest BCUT2D eigenvalue weighted by Gasteiger charge is 2.24. The highest BCUT2D eigenvalue weighted by atomic mass is 16.3. The lowest BCUT2D eigenvalue weighted by atomic mass is 9.84. The number of furan rings is 3. The standard InChI is InChI=1S/2C46H28O.C42H26O/c1-3-13-34-30(10-1)12-9-19-36(34)45-39-17-7-5-15-37(39)44(38-16-6-8-18-40(38)45)32-22-20-29(21-23-32)33-25-26-42-41(28-33)46-35-14-4-2-11-31(35)24-27-43(46)47-42;1-2-11-33-27-35(22-19-29(33)9-1)45-39-15-7-5-13-37(39)44(38-14-6-8-16-40(38)45)32-20-17-30(18-21-32)34-24-25-42-41(28-34)46-36-12-4-3-10-31(36)23-26-43(46)47-42;1-2-11-29(12-3-1)40-33-14-6-8-16-35(33)41(36-17-9-7-15-34(36)40)30-20-18-27(19-21-30)31-23-24-38-37(26-31)42-32-13-5-4-10-28(32)22-25-39(42)43-38/h2*1-28H;1-26H/i2*1D,2D,3D,4D,5D,6D,7D,8D,9D,10D,11D,12D,13D,14D,15D,16D,17D,18D,19D,20D,21D,22D,23D,24D,25D,26D,27D,28D;1D,2D,3D,4D,5D,6D,7D,8D,9D,10D,11D,12D,13D,14D,16D,17D,18D,19D,20D,21D,22D,23D,24D,25D,26D. The van der Waals surface area contributed by atoms with Crippen LogP contribution >= 0.6 is 0 Å². The molecule has 0 fully saturated rings. The van der Waals surface area contributed by atoms with Crippen molar-refractivity contribution in [2.45, 2.75) is 0 Å². The Kier molecular flexibility index (Phi) is 7.69. The van der Waals surface area contributed by atoms with Gasteiger partial charge in [0, 0.05) is 32.3 Å². The summed E-state index contributed by atoms with van der Waals surface area (Å²) in [5.74, 6) is 0. The second kappa shape index (κ2) is 32.5. The Morgan fingerprint density at radius 3 is 0.745 bits per heavy atom. The molecule has 0 amide bonds. The summed E-state index contributed by atoms with van der Waals surface area (Å²) >= 11 is 0. The van der Waals surface area contributed by atoms with Crippen LogP contribution < -0.4 is 0 Å². The van der Waals surface area contributed by atoms with E-state index in [9.17, 15) is 38.4 Å². The molecule has 0 unspecified atom stereocenters. The summed E-state index contributed by atoms with van der Waals surface area (Å²) in [6.07, 6.45) is 0. The van der Waals surface area contributed by atoms with Crippen molar-refractivity contribution in [3.63, 3.8) is 0 Å². The summed E-state index contributed by atoms with van der Waals surface area (Å²) in [4.78, 5) is 0. The van der Waals surface area contributed by atoms with Crippen molar-refractivity contribution in [2.24, 2.45) is 0 Å². The summed E-state index contributed by atoms with van der Waals surface area (Å²) in [5.41, 5.74) is -16.5.